The summed E-state index contributed by atoms with van der Waals surface area (Å²) in [5, 5.41) is 11.3. The van der Waals surface area contributed by atoms with E-state index in [1.54, 1.807) is 0 Å². The Balaban J connectivity index is 1.58. The van der Waals surface area contributed by atoms with Gasteiger partial charge < -0.3 is 24.0 Å². The number of fused-ring (bicyclic) bond motifs is 1. The molecule has 7 nitrogen and oxygen atoms in total. The van der Waals surface area contributed by atoms with E-state index >= 15 is 0 Å². The Labute approximate surface area is 201 Å². The number of nitrogens with zero attached hydrogens (tertiary/aromatic N) is 3. The Morgan fingerprint density at radius 3 is 2.44 bits per heavy atom. The average molecular weight is 466 g/mol. The minimum Gasteiger partial charge on any atom is -0.491 e. The van der Waals surface area contributed by atoms with E-state index in [9.17, 15) is 9.90 Å². The lowest BCUT2D eigenvalue weighted by Gasteiger charge is -2.33. The zero-order valence-corrected chi connectivity index (χ0v) is 20.6. The molecule has 1 N–H and O–H groups in total. The van der Waals surface area contributed by atoms with Crippen molar-refractivity contribution >= 4 is 16.9 Å². The van der Waals surface area contributed by atoms with Gasteiger partial charge in [0.2, 0.25) is 0 Å². The van der Waals surface area contributed by atoms with Gasteiger partial charge in [-0.1, -0.05) is 17.7 Å². The monoisotopic (exact) mass is 465 g/mol. The van der Waals surface area contributed by atoms with Crippen LogP contribution in [0.4, 0.5) is 0 Å². The number of aliphatic hydroxyl groups is 1. The molecule has 3 aromatic rings. The molecule has 0 saturated carbocycles. The quantitative estimate of drug-likeness (QED) is 0.515. The average Bonchev–Trinajstić information content (AvgIpc) is 3.11. The number of hydrogen-bond acceptors (Lipinski definition) is 6. The molecule has 2 heterocycles. The summed E-state index contributed by atoms with van der Waals surface area (Å²) in [5.74, 6) is 0.277. The molecule has 1 aliphatic heterocycles. The number of aromatic nitrogens is 1. The van der Waals surface area contributed by atoms with Crippen molar-refractivity contribution < 1.29 is 19.4 Å². The Kier molecular flexibility index (Phi) is 7.56. The number of aliphatic hydroxyl groups excluding tert-OH is 1. The highest BCUT2D eigenvalue weighted by Crippen LogP contribution is 2.32. The van der Waals surface area contributed by atoms with Crippen LogP contribution < -0.4 is 4.74 Å². The van der Waals surface area contributed by atoms with Gasteiger partial charge in [-0.3, -0.25) is 4.90 Å². The molecule has 1 aromatic heterocycles. The summed E-state index contributed by atoms with van der Waals surface area (Å²) in [5.41, 5.74) is 4.44. The third-order valence-electron chi connectivity index (χ3n) is 6.45. The van der Waals surface area contributed by atoms with Crippen molar-refractivity contribution in [2.75, 3.05) is 53.0 Å². The number of likely N-dealkylation sites (N-methyl/N-ethyl adjacent to an activating group) is 1. The second kappa shape index (κ2) is 10.6. The predicted molar refractivity (Wildman–Crippen MR) is 134 cm³/mol. The highest BCUT2D eigenvalue weighted by Gasteiger charge is 2.23. The third kappa shape index (κ3) is 5.27. The zero-order chi connectivity index (χ0) is 24.2. The summed E-state index contributed by atoms with van der Waals surface area (Å²) >= 11 is 0. The maximum atomic E-state index is 12.9. The molecule has 1 saturated heterocycles. The van der Waals surface area contributed by atoms with Gasteiger partial charge in [0.25, 0.3) is 0 Å². The molecule has 1 fully saturated rings. The normalized spacial score (nSPS) is 16.0. The standard InChI is InChI=1S/C27H35N3O4/c1-5-33-27(32)26-20(3)30(21-8-6-19(2)7-9-21)25-11-10-23(16-24(25)26)34-18-22(31)17-29-14-12-28(4)13-15-29/h6-11,16,22,31H,5,12-15,17-18H2,1-4H3. The summed E-state index contributed by atoms with van der Waals surface area (Å²) in [6, 6.07) is 14.0. The lowest BCUT2D eigenvalue weighted by Crippen LogP contribution is -2.47. The highest BCUT2D eigenvalue weighted by molar-refractivity contribution is 6.07. The van der Waals surface area contributed by atoms with Gasteiger partial charge in [0, 0.05) is 49.5 Å². The minimum absolute atomic E-state index is 0.199. The third-order valence-corrected chi connectivity index (χ3v) is 6.45. The SMILES string of the molecule is CCOC(=O)c1c(C)n(-c2ccc(C)cc2)c2ccc(OCC(O)CN3CCN(C)CC3)cc12. The highest BCUT2D eigenvalue weighted by atomic mass is 16.5. The van der Waals surface area contributed by atoms with Crippen LogP contribution in [0.5, 0.6) is 5.75 Å². The fourth-order valence-corrected chi connectivity index (χ4v) is 4.55. The van der Waals surface area contributed by atoms with Gasteiger partial charge in [0.15, 0.2) is 0 Å². The number of aryl methyl sites for hydroxylation is 1. The van der Waals surface area contributed by atoms with E-state index in [2.05, 4.69) is 52.6 Å². The zero-order valence-electron chi connectivity index (χ0n) is 20.6. The van der Waals surface area contributed by atoms with E-state index in [1.165, 1.54) is 5.56 Å². The van der Waals surface area contributed by atoms with Gasteiger partial charge in [-0.15, -0.1) is 0 Å². The number of piperazine rings is 1. The topological polar surface area (TPSA) is 67.2 Å². The molecule has 2 aromatic carbocycles. The van der Waals surface area contributed by atoms with E-state index in [4.69, 9.17) is 9.47 Å². The van der Waals surface area contributed by atoms with Crippen LogP contribution in [-0.4, -0.2) is 84.5 Å². The molecular formula is C27H35N3O4. The molecule has 0 spiro atoms. The predicted octanol–water partition coefficient (Wildman–Crippen LogP) is 3.41. The van der Waals surface area contributed by atoms with E-state index in [0.29, 0.717) is 24.5 Å². The van der Waals surface area contributed by atoms with Crippen LogP contribution in [0.25, 0.3) is 16.6 Å². The Morgan fingerprint density at radius 2 is 1.76 bits per heavy atom. The van der Waals surface area contributed by atoms with E-state index < -0.39 is 6.10 Å². The first kappa shape index (κ1) is 24.3. The van der Waals surface area contributed by atoms with Gasteiger partial charge in [0.1, 0.15) is 18.5 Å². The molecule has 7 heteroatoms. The Hall–Kier alpha value is -2.87. The number of rotatable bonds is 8. The molecule has 0 aliphatic carbocycles. The molecule has 0 bridgehead atoms. The Morgan fingerprint density at radius 1 is 1.06 bits per heavy atom. The van der Waals surface area contributed by atoms with Crippen LogP contribution >= 0.6 is 0 Å². The van der Waals surface area contributed by atoms with Crippen LogP contribution in [0.15, 0.2) is 42.5 Å². The number of β-amino-alcohol motifs (C(OH)–C–C–N with tert-alkyl or cyclic N) is 1. The van der Waals surface area contributed by atoms with Crippen LogP contribution in [0.3, 0.4) is 0 Å². The molecule has 34 heavy (non-hydrogen) atoms. The van der Waals surface area contributed by atoms with E-state index in [0.717, 1.165) is 48.5 Å². The van der Waals surface area contributed by atoms with Crippen molar-refractivity contribution in [1.82, 2.24) is 14.4 Å². The lowest BCUT2D eigenvalue weighted by atomic mass is 10.1. The van der Waals surface area contributed by atoms with E-state index in [-0.39, 0.29) is 12.6 Å². The molecule has 1 atom stereocenters. The number of esters is 1. The van der Waals surface area contributed by atoms with Crippen molar-refractivity contribution in [2.45, 2.75) is 26.9 Å². The molecule has 1 aliphatic rings. The molecule has 0 radical (unpaired) electrons. The van der Waals surface area contributed by atoms with Gasteiger partial charge in [0.05, 0.1) is 17.7 Å². The van der Waals surface area contributed by atoms with Gasteiger partial charge in [-0.25, -0.2) is 4.79 Å². The summed E-state index contributed by atoms with van der Waals surface area (Å²) in [4.78, 5) is 17.4. The minimum atomic E-state index is -0.581. The van der Waals surface area contributed by atoms with Crippen molar-refractivity contribution in [2.24, 2.45) is 0 Å². The number of benzene rings is 2. The van der Waals surface area contributed by atoms with E-state index in [1.807, 2.05) is 32.0 Å². The van der Waals surface area contributed by atoms with Crippen LogP contribution in [-0.2, 0) is 4.74 Å². The first-order chi connectivity index (χ1) is 16.4. The van der Waals surface area contributed by atoms with Crippen molar-refractivity contribution in [3.05, 3.63) is 59.3 Å². The lowest BCUT2D eigenvalue weighted by molar-refractivity contribution is 0.0504. The molecule has 0 amide bonds. The largest absolute Gasteiger partial charge is 0.491 e. The fraction of sp³-hybridized carbons (Fsp3) is 0.444. The fourth-order valence-electron chi connectivity index (χ4n) is 4.55. The van der Waals surface area contributed by atoms with Crippen LogP contribution in [0, 0.1) is 13.8 Å². The van der Waals surface area contributed by atoms with Crippen molar-refractivity contribution in [3.63, 3.8) is 0 Å². The maximum absolute atomic E-state index is 12.9. The van der Waals surface area contributed by atoms with Gasteiger partial charge in [-0.05, 0) is 58.2 Å². The first-order valence-electron chi connectivity index (χ1n) is 12.0. The first-order valence-corrected chi connectivity index (χ1v) is 12.0. The van der Waals surface area contributed by atoms with Crippen molar-refractivity contribution in [3.8, 4) is 11.4 Å². The maximum Gasteiger partial charge on any atom is 0.340 e. The number of carbonyl (C=O) groups excluding carboxylic acids is 1. The second-order valence-electron chi connectivity index (χ2n) is 9.10. The molecule has 4 rings (SSSR count). The van der Waals surface area contributed by atoms with Crippen LogP contribution in [0.2, 0.25) is 0 Å². The van der Waals surface area contributed by atoms with Gasteiger partial charge >= 0.3 is 5.97 Å². The number of ether oxygens (including phenoxy) is 2. The number of hydrogen-bond donors (Lipinski definition) is 1. The molecule has 182 valence electrons. The molecular weight excluding hydrogens is 430 g/mol. The number of carbonyl (C=O) groups is 1. The summed E-state index contributed by atoms with van der Waals surface area (Å²) in [7, 11) is 2.12. The van der Waals surface area contributed by atoms with Gasteiger partial charge in [-0.2, -0.15) is 0 Å². The summed E-state index contributed by atoms with van der Waals surface area (Å²) in [6.45, 7) is 10.8. The van der Waals surface area contributed by atoms with Crippen LogP contribution in [0.1, 0.15) is 28.5 Å². The Bertz CT molecular complexity index is 1130. The summed E-state index contributed by atoms with van der Waals surface area (Å²) < 4.78 is 13.4. The summed E-state index contributed by atoms with van der Waals surface area (Å²) in [6.07, 6.45) is -0.581. The second-order valence-corrected chi connectivity index (χ2v) is 9.10. The van der Waals surface area contributed by atoms with Crippen molar-refractivity contribution in [1.29, 1.82) is 0 Å². The smallest absolute Gasteiger partial charge is 0.340 e. The molecule has 1 unspecified atom stereocenters.